The number of methoxy groups -OCH3 is 1. The maximum atomic E-state index is 11.5. The molecule has 0 aromatic rings. The van der Waals surface area contributed by atoms with Gasteiger partial charge in [-0.05, 0) is 13.3 Å². The molecule has 1 rings (SSSR count). The standard InChI is InChI=1S/C11H22N2O3/c1-8-9(3-4-16-8)7-13-11(14)5-10(6-12)15-2/h8-10H,3-7,12H2,1-2H3,(H,13,14). The number of nitrogens with two attached hydrogens (primary N) is 1. The Kier molecular flexibility index (Phi) is 5.73. The van der Waals surface area contributed by atoms with Gasteiger partial charge in [-0.2, -0.15) is 0 Å². The van der Waals surface area contributed by atoms with Crippen molar-refractivity contribution in [2.75, 3.05) is 26.8 Å². The van der Waals surface area contributed by atoms with E-state index in [4.69, 9.17) is 15.2 Å². The van der Waals surface area contributed by atoms with Crippen molar-refractivity contribution >= 4 is 5.91 Å². The van der Waals surface area contributed by atoms with Crippen molar-refractivity contribution in [3.05, 3.63) is 0 Å². The van der Waals surface area contributed by atoms with Gasteiger partial charge < -0.3 is 20.5 Å². The van der Waals surface area contributed by atoms with Crippen molar-refractivity contribution in [3.63, 3.8) is 0 Å². The number of nitrogens with one attached hydrogen (secondary N) is 1. The molecule has 0 spiro atoms. The molecule has 0 radical (unpaired) electrons. The van der Waals surface area contributed by atoms with Gasteiger partial charge in [-0.25, -0.2) is 0 Å². The summed E-state index contributed by atoms with van der Waals surface area (Å²) >= 11 is 0. The Morgan fingerprint density at radius 3 is 2.94 bits per heavy atom. The summed E-state index contributed by atoms with van der Waals surface area (Å²) in [6.45, 7) is 3.89. The van der Waals surface area contributed by atoms with Crippen LogP contribution in [0.2, 0.25) is 0 Å². The van der Waals surface area contributed by atoms with Gasteiger partial charge in [0.1, 0.15) is 0 Å². The zero-order valence-corrected chi connectivity index (χ0v) is 10.1. The van der Waals surface area contributed by atoms with Crippen LogP contribution < -0.4 is 11.1 Å². The van der Waals surface area contributed by atoms with Crippen LogP contribution in [0.25, 0.3) is 0 Å². The van der Waals surface area contributed by atoms with Gasteiger partial charge in [0.2, 0.25) is 5.91 Å². The third-order valence-electron chi connectivity index (χ3n) is 3.10. The summed E-state index contributed by atoms with van der Waals surface area (Å²) < 4.78 is 10.5. The summed E-state index contributed by atoms with van der Waals surface area (Å²) in [5.41, 5.74) is 5.45. The average Bonchev–Trinajstić information content (AvgIpc) is 2.69. The van der Waals surface area contributed by atoms with E-state index in [1.165, 1.54) is 0 Å². The molecule has 1 fully saturated rings. The number of carbonyl (C=O) groups is 1. The van der Waals surface area contributed by atoms with E-state index in [2.05, 4.69) is 5.32 Å². The Morgan fingerprint density at radius 1 is 1.69 bits per heavy atom. The SMILES string of the molecule is COC(CN)CC(=O)NCC1CCOC1C. The summed E-state index contributed by atoms with van der Waals surface area (Å²) in [4.78, 5) is 11.5. The maximum Gasteiger partial charge on any atom is 0.222 e. The Balaban J connectivity index is 2.19. The van der Waals surface area contributed by atoms with Crippen molar-refractivity contribution in [1.82, 2.24) is 5.32 Å². The second-order valence-electron chi connectivity index (χ2n) is 4.23. The number of ether oxygens (including phenoxy) is 2. The average molecular weight is 230 g/mol. The fourth-order valence-electron chi connectivity index (χ4n) is 1.83. The second-order valence-corrected chi connectivity index (χ2v) is 4.23. The smallest absolute Gasteiger partial charge is 0.222 e. The number of hydrogen-bond acceptors (Lipinski definition) is 4. The molecular weight excluding hydrogens is 208 g/mol. The van der Waals surface area contributed by atoms with Crippen LogP contribution in [0.1, 0.15) is 19.8 Å². The van der Waals surface area contributed by atoms with E-state index in [1.807, 2.05) is 6.92 Å². The molecule has 94 valence electrons. The van der Waals surface area contributed by atoms with Gasteiger partial charge in [0, 0.05) is 32.7 Å². The first-order valence-electron chi connectivity index (χ1n) is 5.78. The van der Waals surface area contributed by atoms with Crippen LogP contribution in [0, 0.1) is 5.92 Å². The Labute approximate surface area is 96.7 Å². The highest BCUT2D eigenvalue weighted by molar-refractivity contribution is 5.76. The van der Waals surface area contributed by atoms with Crippen molar-refractivity contribution < 1.29 is 14.3 Å². The minimum Gasteiger partial charge on any atom is -0.380 e. The molecule has 0 bridgehead atoms. The molecule has 0 aromatic carbocycles. The zero-order chi connectivity index (χ0) is 12.0. The molecular formula is C11H22N2O3. The monoisotopic (exact) mass is 230 g/mol. The van der Waals surface area contributed by atoms with E-state index in [9.17, 15) is 4.79 Å². The van der Waals surface area contributed by atoms with Crippen molar-refractivity contribution in [2.45, 2.75) is 32.0 Å². The fourth-order valence-corrected chi connectivity index (χ4v) is 1.83. The molecule has 3 N–H and O–H groups in total. The molecule has 5 heteroatoms. The van der Waals surface area contributed by atoms with Crippen LogP contribution in [-0.2, 0) is 14.3 Å². The van der Waals surface area contributed by atoms with Crippen LogP contribution in [0.3, 0.4) is 0 Å². The molecule has 3 unspecified atom stereocenters. The minimum atomic E-state index is -0.183. The summed E-state index contributed by atoms with van der Waals surface area (Å²) in [6, 6.07) is 0. The third kappa shape index (κ3) is 4.08. The summed E-state index contributed by atoms with van der Waals surface area (Å²) in [5, 5.41) is 2.90. The number of rotatable bonds is 6. The molecule has 3 atom stereocenters. The highest BCUT2D eigenvalue weighted by Crippen LogP contribution is 2.19. The quantitative estimate of drug-likeness (QED) is 0.668. The second kappa shape index (κ2) is 6.83. The van der Waals surface area contributed by atoms with Gasteiger partial charge in [0.15, 0.2) is 0 Å². The number of hydrogen-bond donors (Lipinski definition) is 2. The zero-order valence-electron chi connectivity index (χ0n) is 10.1. The van der Waals surface area contributed by atoms with E-state index in [0.717, 1.165) is 13.0 Å². The summed E-state index contributed by atoms with van der Waals surface area (Å²) in [7, 11) is 1.57. The van der Waals surface area contributed by atoms with E-state index in [1.54, 1.807) is 7.11 Å². The van der Waals surface area contributed by atoms with Crippen LogP contribution in [-0.4, -0.2) is 44.9 Å². The topological polar surface area (TPSA) is 73.6 Å². The van der Waals surface area contributed by atoms with Crippen LogP contribution in [0.4, 0.5) is 0 Å². The van der Waals surface area contributed by atoms with Crippen LogP contribution >= 0.6 is 0 Å². The van der Waals surface area contributed by atoms with E-state index in [-0.39, 0.29) is 18.1 Å². The Hall–Kier alpha value is -0.650. The Morgan fingerprint density at radius 2 is 2.44 bits per heavy atom. The largest absolute Gasteiger partial charge is 0.380 e. The molecule has 0 saturated carbocycles. The van der Waals surface area contributed by atoms with Gasteiger partial charge in [-0.3, -0.25) is 4.79 Å². The predicted molar refractivity (Wildman–Crippen MR) is 61.0 cm³/mol. The summed E-state index contributed by atoms with van der Waals surface area (Å²) in [5.74, 6) is 0.430. The Bertz CT molecular complexity index is 219. The molecule has 5 nitrogen and oxygen atoms in total. The first kappa shape index (κ1) is 13.4. The normalized spacial score (nSPS) is 26.7. The fraction of sp³-hybridized carbons (Fsp3) is 0.909. The lowest BCUT2D eigenvalue weighted by Crippen LogP contribution is -2.36. The molecule has 1 aliphatic rings. The molecule has 1 aliphatic heterocycles. The minimum absolute atomic E-state index is 0.00333. The molecule has 1 amide bonds. The predicted octanol–water partition coefficient (Wildman–Crippen LogP) is -0.109. The van der Waals surface area contributed by atoms with Gasteiger partial charge in [-0.1, -0.05) is 0 Å². The highest BCUT2D eigenvalue weighted by atomic mass is 16.5. The van der Waals surface area contributed by atoms with Gasteiger partial charge in [-0.15, -0.1) is 0 Å². The van der Waals surface area contributed by atoms with Crippen molar-refractivity contribution in [3.8, 4) is 0 Å². The van der Waals surface area contributed by atoms with Crippen LogP contribution in [0.15, 0.2) is 0 Å². The first-order chi connectivity index (χ1) is 7.67. The highest BCUT2D eigenvalue weighted by Gasteiger charge is 2.24. The van der Waals surface area contributed by atoms with Crippen molar-refractivity contribution in [1.29, 1.82) is 0 Å². The van der Waals surface area contributed by atoms with E-state index >= 15 is 0 Å². The summed E-state index contributed by atoms with van der Waals surface area (Å²) in [6.07, 6.45) is 1.41. The molecule has 1 heterocycles. The van der Waals surface area contributed by atoms with Gasteiger partial charge >= 0.3 is 0 Å². The lowest BCUT2D eigenvalue weighted by molar-refractivity contribution is -0.123. The molecule has 16 heavy (non-hydrogen) atoms. The first-order valence-corrected chi connectivity index (χ1v) is 5.78. The van der Waals surface area contributed by atoms with Crippen molar-refractivity contribution in [2.24, 2.45) is 11.7 Å². The number of carbonyl (C=O) groups excluding carboxylic acids is 1. The van der Waals surface area contributed by atoms with E-state index < -0.39 is 0 Å². The molecule has 0 aliphatic carbocycles. The van der Waals surface area contributed by atoms with Gasteiger partial charge in [0.25, 0.3) is 0 Å². The van der Waals surface area contributed by atoms with Gasteiger partial charge in [0.05, 0.1) is 18.6 Å². The molecule has 0 aromatic heterocycles. The van der Waals surface area contributed by atoms with E-state index in [0.29, 0.717) is 25.4 Å². The van der Waals surface area contributed by atoms with Crippen LogP contribution in [0.5, 0.6) is 0 Å². The lowest BCUT2D eigenvalue weighted by atomic mass is 10.0. The lowest BCUT2D eigenvalue weighted by Gasteiger charge is -2.16. The third-order valence-corrected chi connectivity index (χ3v) is 3.10. The molecule has 1 saturated heterocycles. The maximum absolute atomic E-state index is 11.5. The number of amides is 1.